The lowest BCUT2D eigenvalue weighted by Crippen LogP contribution is -2.40. The van der Waals surface area contributed by atoms with Crippen molar-refractivity contribution in [2.75, 3.05) is 31.2 Å². The molecule has 5 heteroatoms. The van der Waals surface area contributed by atoms with Gasteiger partial charge in [0.05, 0.1) is 11.9 Å². The number of ether oxygens (including phenoxy) is 1. The minimum atomic E-state index is 0.320. The molecular weight excluding hydrogens is 272 g/mol. The summed E-state index contributed by atoms with van der Waals surface area (Å²) >= 11 is 1.75. The van der Waals surface area contributed by atoms with Crippen LogP contribution in [0.3, 0.4) is 0 Å². The van der Waals surface area contributed by atoms with Gasteiger partial charge < -0.3 is 15.0 Å². The largest absolute Gasteiger partial charge is 0.377 e. The molecule has 20 heavy (non-hydrogen) atoms. The van der Waals surface area contributed by atoms with E-state index in [-0.39, 0.29) is 0 Å². The highest BCUT2D eigenvalue weighted by molar-refractivity contribution is 7.99. The number of carbonyl (C=O) groups is 1. The molecule has 0 aliphatic carbocycles. The van der Waals surface area contributed by atoms with Gasteiger partial charge >= 0.3 is 0 Å². The van der Waals surface area contributed by atoms with E-state index in [1.54, 1.807) is 11.8 Å². The van der Waals surface area contributed by atoms with Crippen molar-refractivity contribution < 1.29 is 9.53 Å². The van der Waals surface area contributed by atoms with Gasteiger partial charge in [-0.3, -0.25) is 4.79 Å². The molecule has 1 amide bonds. The Morgan fingerprint density at radius 3 is 2.95 bits per heavy atom. The second-order valence-electron chi connectivity index (χ2n) is 6.27. The molecule has 4 nitrogen and oxygen atoms in total. The molecular formula is C15H26N2O2S. The van der Waals surface area contributed by atoms with Gasteiger partial charge in [0.2, 0.25) is 5.91 Å². The smallest absolute Gasteiger partial charge is 0.232 e. The normalized spacial score (nSPS) is 34.0. The topological polar surface area (TPSA) is 41.6 Å². The Morgan fingerprint density at radius 1 is 1.20 bits per heavy atom. The van der Waals surface area contributed by atoms with E-state index in [1.165, 1.54) is 32.1 Å². The van der Waals surface area contributed by atoms with E-state index in [0.717, 1.165) is 31.9 Å². The van der Waals surface area contributed by atoms with Crippen molar-refractivity contribution in [3.05, 3.63) is 0 Å². The summed E-state index contributed by atoms with van der Waals surface area (Å²) in [6, 6.07) is 1.19. The summed E-state index contributed by atoms with van der Waals surface area (Å²) in [7, 11) is 0. The Labute approximate surface area is 126 Å². The van der Waals surface area contributed by atoms with Crippen molar-refractivity contribution in [1.29, 1.82) is 0 Å². The summed E-state index contributed by atoms with van der Waals surface area (Å²) in [6.07, 6.45) is 7.67. The molecule has 3 aliphatic heterocycles. The third-order valence-corrected chi connectivity index (χ3v) is 5.74. The number of rotatable bonds is 4. The molecule has 0 aromatic heterocycles. The second-order valence-corrected chi connectivity index (χ2v) is 7.30. The van der Waals surface area contributed by atoms with Crippen LogP contribution in [0.5, 0.6) is 0 Å². The summed E-state index contributed by atoms with van der Waals surface area (Å²) in [6.45, 7) is 2.75. The molecule has 3 rings (SSSR count). The summed E-state index contributed by atoms with van der Waals surface area (Å²) in [5.41, 5.74) is 0. The minimum Gasteiger partial charge on any atom is -0.377 e. The number of nitrogens with one attached hydrogen (secondary N) is 1. The Hall–Kier alpha value is -0.260. The van der Waals surface area contributed by atoms with Crippen molar-refractivity contribution in [3.8, 4) is 0 Å². The molecule has 0 aromatic rings. The van der Waals surface area contributed by atoms with Crippen LogP contribution in [0.15, 0.2) is 0 Å². The lowest BCUT2D eigenvalue weighted by Gasteiger charge is -2.25. The maximum absolute atomic E-state index is 12.3. The molecule has 3 unspecified atom stereocenters. The Kier molecular flexibility index (Phi) is 5.24. The maximum Gasteiger partial charge on any atom is 0.232 e. The first-order chi connectivity index (χ1) is 9.81. The predicted molar refractivity (Wildman–Crippen MR) is 82.1 cm³/mol. The van der Waals surface area contributed by atoms with Crippen LogP contribution in [-0.2, 0) is 9.53 Å². The SMILES string of the molecule is O=C(CSCC1CCCCO1)N1CCC2CCC(C1)N2. The van der Waals surface area contributed by atoms with Gasteiger partial charge in [-0.15, -0.1) is 11.8 Å². The monoisotopic (exact) mass is 298 g/mol. The zero-order valence-electron chi connectivity index (χ0n) is 12.2. The number of hydrogen-bond acceptors (Lipinski definition) is 4. The van der Waals surface area contributed by atoms with Crippen LogP contribution in [0.25, 0.3) is 0 Å². The van der Waals surface area contributed by atoms with Crippen molar-refractivity contribution in [2.24, 2.45) is 0 Å². The molecule has 3 saturated heterocycles. The molecule has 0 aromatic carbocycles. The summed E-state index contributed by atoms with van der Waals surface area (Å²) < 4.78 is 5.71. The quantitative estimate of drug-likeness (QED) is 0.857. The molecule has 1 N–H and O–H groups in total. The van der Waals surface area contributed by atoms with Crippen LogP contribution in [0.4, 0.5) is 0 Å². The van der Waals surface area contributed by atoms with Crippen LogP contribution in [-0.4, -0.2) is 60.2 Å². The highest BCUT2D eigenvalue weighted by Crippen LogP contribution is 2.22. The lowest BCUT2D eigenvalue weighted by molar-refractivity contribution is -0.128. The number of hydrogen-bond donors (Lipinski definition) is 1. The van der Waals surface area contributed by atoms with E-state index >= 15 is 0 Å². The molecule has 3 aliphatic rings. The van der Waals surface area contributed by atoms with Gasteiger partial charge in [-0.1, -0.05) is 0 Å². The fourth-order valence-corrected chi connectivity index (χ4v) is 4.48. The molecule has 3 atom stereocenters. The van der Waals surface area contributed by atoms with Crippen LogP contribution in [0.2, 0.25) is 0 Å². The summed E-state index contributed by atoms with van der Waals surface area (Å²) in [4.78, 5) is 14.4. The molecule has 3 fully saturated rings. The zero-order chi connectivity index (χ0) is 13.8. The fourth-order valence-electron chi connectivity index (χ4n) is 3.48. The van der Waals surface area contributed by atoms with Crippen LogP contribution in [0.1, 0.15) is 38.5 Å². The molecule has 2 bridgehead atoms. The average molecular weight is 298 g/mol. The van der Waals surface area contributed by atoms with Crippen LogP contribution >= 0.6 is 11.8 Å². The molecule has 114 valence electrons. The number of likely N-dealkylation sites (tertiary alicyclic amines) is 1. The van der Waals surface area contributed by atoms with E-state index in [1.807, 2.05) is 0 Å². The van der Waals surface area contributed by atoms with Gasteiger partial charge in [-0.25, -0.2) is 0 Å². The third kappa shape index (κ3) is 3.89. The first-order valence-corrected chi connectivity index (χ1v) is 9.20. The highest BCUT2D eigenvalue weighted by Gasteiger charge is 2.30. The third-order valence-electron chi connectivity index (χ3n) is 4.68. The number of amides is 1. The zero-order valence-corrected chi connectivity index (χ0v) is 13.0. The molecule has 0 spiro atoms. The van der Waals surface area contributed by atoms with Crippen molar-refractivity contribution in [3.63, 3.8) is 0 Å². The first-order valence-electron chi connectivity index (χ1n) is 8.04. The van der Waals surface area contributed by atoms with Gasteiger partial charge in [0.1, 0.15) is 0 Å². The van der Waals surface area contributed by atoms with Crippen molar-refractivity contribution in [1.82, 2.24) is 10.2 Å². The van der Waals surface area contributed by atoms with E-state index < -0.39 is 0 Å². The van der Waals surface area contributed by atoms with Gasteiger partial charge in [-0.05, 0) is 38.5 Å². The Bertz CT molecular complexity index is 334. The molecule has 0 radical (unpaired) electrons. The summed E-state index contributed by atoms with van der Waals surface area (Å²) in [5.74, 6) is 1.92. The maximum atomic E-state index is 12.3. The summed E-state index contributed by atoms with van der Waals surface area (Å²) in [5, 5.41) is 3.62. The van der Waals surface area contributed by atoms with E-state index in [0.29, 0.717) is 29.8 Å². The van der Waals surface area contributed by atoms with Crippen LogP contribution in [0, 0.1) is 0 Å². The number of thioether (sulfide) groups is 1. The number of fused-ring (bicyclic) bond motifs is 2. The first kappa shape index (κ1) is 14.7. The standard InChI is InChI=1S/C15H26N2O2S/c18-15(11-20-10-14-3-1-2-8-19-14)17-7-6-12-4-5-13(9-17)16-12/h12-14,16H,1-11H2. The van der Waals surface area contributed by atoms with E-state index in [4.69, 9.17) is 4.74 Å². The fraction of sp³-hybridized carbons (Fsp3) is 0.933. The van der Waals surface area contributed by atoms with E-state index in [9.17, 15) is 4.79 Å². The van der Waals surface area contributed by atoms with Gasteiger partial charge in [0, 0.05) is 37.5 Å². The average Bonchev–Trinajstić information content (AvgIpc) is 2.79. The molecule has 3 heterocycles. The van der Waals surface area contributed by atoms with Gasteiger partial charge in [0.15, 0.2) is 0 Å². The van der Waals surface area contributed by atoms with Crippen LogP contribution < -0.4 is 5.32 Å². The molecule has 0 saturated carbocycles. The highest BCUT2D eigenvalue weighted by atomic mass is 32.2. The predicted octanol–water partition coefficient (Wildman–Crippen LogP) is 1.64. The lowest BCUT2D eigenvalue weighted by atomic mass is 10.1. The minimum absolute atomic E-state index is 0.320. The van der Waals surface area contributed by atoms with Crippen molar-refractivity contribution in [2.45, 2.75) is 56.7 Å². The Morgan fingerprint density at radius 2 is 2.10 bits per heavy atom. The Balaban J connectivity index is 1.37. The van der Waals surface area contributed by atoms with Gasteiger partial charge in [-0.2, -0.15) is 0 Å². The number of carbonyl (C=O) groups excluding carboxylic acids is 1. The van der Waals surface area contributed by atoms with Crippen molar-refractivity contribution >= 4 is 17.7 Å². The number of nitrogens with zero attached hydrogens (tertiary/aromatic N) is 1. The van der Waals surface area contributed by atoms with E-state index in [2.05, 4.69) is 10.2 Å². The van der Waals surface area contributed by atoms with Gasteiger partial charge in [0.25, 0.3) is 0 Å². The second kappa shape index (κ2) is 7.14.